The second-order valence-corrected chi connectivity index (χ2v) is 6.95. The lowest BCUT2D eigenvalue weighted by molar-refractivity contribution is -0.125. The van der Waals surface area contributed by atoms with Crippen molar-refractivity contribution in [2.45, 2.75) is 19.4 Å². The number of nitrogens with zero attached hydrogens (tertiary/aromatic N) is 4. The zero-order valence-corrected chi connectivity index (χ0v) is 15.7. The van der Waals surface area contributed by atoms with E-state index in [-0.39, 0.29) is 11.8 Å². The fourth-order valence-electron chi connectivity index (χ4n) is 3.51. The molecule has 6 nitrogen and oxygen atoms in total. The van der Waals surface area contributed by atoms with Crippen molar-refractivity contribution in [1.82, 2.24) is 20.3 Å². The van der Waals surface area contributed by atoms with E-state index in [4.69, 9.17) is 0 Å². The van der Waals surface area contributed by atoms with Crippen LogP contribution in [0.3, 0.4) is 0 Å². The highest BCUT2D eigenvalue weighted by molar-refractivity contribution is 5.79. The number of carbonyl (C=O) groups is 1. The summed E-state index contributed by atoms with van der Waals surface area (Å²) in [6.45, 7) is 2.02. The predicted molar refractivity (Wildman–Crippen MR) is 108 cm³/mol. The molecule has 3 aromatic rings. The van der Waals surface area contributed by atoms with Crippen LogP contribution in [0.25, 0.3) is 11.3 Å². The molecule has 6 heteroatoms. The van der Waals surface area contributed by atoms with E-state index in [1.165, 1.54) is 0 Å². The zero-order chi connectivity index (χ0) is 19.2. The van der Waals surface area contributed by atoms with Crippen molar-refractivity contribution in [1.29, 1.82) is 0 Å². The van der Waals surface area contributed by atoms with E-state index in [1.54, 1.807) is 12.5 Å². The van der Waals surface area contributed by atoms with Crippen molar-refractivity contribution in [3.8, 4) is 11.3 Å². The van der Waals surface area contributed by atoms with Gasteiger partial charge in [0.1, 0.15) is 12.1 Å². The maximum Gasteiger partial charge on any atom is 0.225 e. The Morgan fingerprint density at radius 3 is 2.75 bits per heavy atom. The lowest BCUT2D eigenvalue weighted by Crippen LogP contribution is -2.43. The second-order valence-electron chi connectivity index (χ2n) is 6.95. The molecule has 1 amide bonds. The van der Waals surface area contributed by atoms with Gasteiger partial charge in [0.15, 0.2) is 0 Å². The Balaban J connectivity index is 1.42. The van der Waals surface area contributed by atoms with E-state index >= 15 is 0 Å². The summed E-state index contributed by atoms with van der Waals surface area (Å²) in [6.07, 6.45) is 5.19. The molecule has 1 unspecified atom stereocenters. The van der Waals surface area contributed by atoms with Crippen LogP contribution in [0.2, 0.25) is 0 Å². The first-order valence-corrected chi connectivity index (χ1v) is 9.59. The average molecular weight is 373 g/mol. The number of hydrogen-bond acceptors (Lipinski definition) is 5. The van der Waals surface area contributed by atoms with E-state index in [1.807, 2.05) is 54.6 Å². The normalized spacial score (nSPS) is 16.6. The summed E-state index contributed by atoms with van der Waals surface area (Å²) in [5, 5.41) is 3.02. The molecule has 1 aliphatic heterocycles. The number of piperidine rings is 1. The molecule has 28 heavy (non-hydrogen) atoms. The van der Waals surface area contributed by atoms with Crippen LogP contribution >= 0.6 is 0 Å². The third-order valence-corrected chi connectivity index (χ3v) is 5.01. The summed E-state index contributed by atoms with van der Waals surface area (Å²) < 4.78 is 0. The van der Waals surface area contributed by atoms with E-state index in [2.05, 4.69) is 25.2 Å². The van der Waals surface area contributed by atoms with E-state index < -0.39 is 0 Å². The van der Waals surface area contributed by atoms with Crippen LogP contribution in [0.1, 0.15) is 18.5 Å². The van der Waals surface area contributed by atoms with Crippen LogP contribution < -0.4 is 10.2 Å². The fraction of sp³-hybridized carbons (Fsp3) is 0.273. The predicted octanol–water partition coefficient (Wildman–Crippen LogP) is 3.07. The van der Waals surface area contributed by atoms with Gasteiger partial charge in [0.05, 0.1) is 23.9 Å². The smallest absolute Gasteiger partial charge is 0.225 e. The van der Waals surface area contributed by atoms with Gasteiger partial charge in [-0.15, -0.1) is 0 Å². The molecule has 3 heterocycles. The summed E-state index contributed by atoms with van der Waals surface area (Å²) in [5.41, 5.74) is 2.83. The number of anilines is 1. The zero-order valence-electron chi connectivity index (χ0n) is 15.7. The molecule has 2 aromatic heterocycles. The maximum atomic E-state index is 12.6. The van der Waals surface area contributed by atoms with Crippen molar-refractivity contribution in [3.63, 3.8) is 0 Å². The number of pyridine rings is 1. The number of amides is 1. The number of benzene rings is 1. The van der Waals surface area contributed by atoms with Crippen LogP contribution in [-0.2, 0) is 11.3 Å². The number of nitrogens with one attached hydrogen (secondary N) is 1. The van der Waals surface area contributed by atoms with Crippen molar-refractivity contribution in [3.05, 3.63) is 72.8 Å². The average Bonchev–Trinajstić information content (AvgIpc) is 2.79. The van der Waals surface area contributed by atoms with Crippen molar-refractivity contribution in [2.24, 2.45) is 5.92 Å². The first-order chi connectivity index (χ1) is 13.8. The first-order valence-electron chi connectivity index (χ1n) is 9.59. The summed E-state index contributed by atoms with van der Waals surface area (Å²) in [7, 11) is 0. The molecule has 1 aliphatic rings. The van der Waals surface area contributed by atoms with Gasteiger partial charge in [-0.1, -0.05) is 36.4 Å². The summed E-state index contributed by atoms with van der Waals surface area (Å²) in [4.78, 5) is 27.9. The van der Waals surface area contributed by atoms with Gasteiger partial charge >= 0.3 is 0 Å². The maximum absolute atomic E-state index is 12.6. The van der Waals surface area contributed by atoms with E-state index in [9.17, 15) is 4.79 Å². The topological polar surface area (TPSA) is 71.0 Å². The monoisotopic (exact) mass is 373 g/mol. The van der Waals surface area contributed by atoms with Crippen molar-refractivity contribution < 1.29 is 4.79 Å². The van der Waals surface area contributed by atoms with Gasteiger partial charge in [0, 0.05) is 30.9 Å². The summed E-state index contributed by atoms with van der Waals surface area (Å²) in [5.74, 6) is 0.899. The Kier molecular flexibility index (Phi) is 5.56. The SMILES string of the molecule is O=C(NCc1ccccn1)C1CCCN(c2cc(-c3ccccc3)ncn2)C1. The molecule has 1 N–H and O–H groups in total. The van der Waals surface area contributed by atoms with Crippen LogP contribution in [0, 0.1) is 5.92 Å². The van der Waals surface area contributed by atoms with Gasteiger partial charge in [0.25, 0.3) is 0 Å². The molecule has 1 fully saturated rings. The Hall–Kier alpha value is -3.28. The van der Waals surface area contributed by atoms with E-state index in [0.29, 0.717) is 13.1 Å². The van der Waals surface area contributed by atoms with Crippen molar-refractivity contribution in [2.75, 3.05) is 18.0 Å². The second kappa shape index (κ2) is 8.61. The quantitative estimate of drug-likeness (QED) is 0.744. The third kappa shape index (κ3) is 4.34. The van der Waals surface area contributed by atoms with Gasteiger partial charge in [-0.2, -0.15) is 0 Å². The molecule has 1 aromatic carbocycles. The molecule has 0 saturated carbocycles. The highest BCUT2D eigenvalue weighted by Crippen LogP contribution is 2.25. The number of carbonyl (C=O) groups excluding carboxylic acids is 1. The standard InChI is InChI=1S/C22H23N5O/c28-22(24-14-19-10-4-5-11-23-19)18-9-6-12-27(15-18)21-13-20(25-16-26-21)17-7-2-1-3-8-17/h1-5,7-8,10-11,13,16,18H,6,9,12,14-15H2,(H,24,28). The Bertz CT molecular complexity index is 916. The Labute approximate surface area is 164 Å². The summed E-state index contributed by atoms with van der Waals surface area (Å²) >= 11 is 0. The van der Waals surface area contributed by atoms with Crippen molar-refractivity contribution >= 4 is 11.7 Å². The minimum atomic E-state index is -0.0485. The molecule has 0 aliphatic carbocycles. The molecule has 142 valence electrons. The number of hydrogen-bond donors (Lipinski definition) is 1. The van der Waals surface area contributed by atoms with Crippen LogP contribution in [-0.4, -0.2) is 33.9 Å². The molecule has 1 atom stereocenters. The summed E-state index contributed by atoms with van der Waals surface area (Å²) in [6, 6.07) is 17.8. The number of aromatic nitrogens is 3. The molecule has 4 rings (SSSR count). The van der Waals surface area contributed by atoms with Crippen LogP contribution in [0.4, 0.5) is 5.82 Å². The fourth-order valence-corrected chi connectivity index (χ4v) is 3.51. The minimum absolute atomic E-state index is 0.0485. The Morgan fingerprint density at radius 2 is 1.93 bits per heavy atom. The van der Waals surface area contributed by atoms with Gasteiger partial charge in [0.2, 0.25) is 5.91 Å². The molecular formula is C22H23N5O. The highest BCUT2D eigenvalue weighted by Gasteiger charge is 2.26. The van der Waals surface area contributed by atoms with Gasteiger partial charge in [-0.25, -0.2) is 9.97 Å². The first kappa shape index (κ1) is 18.1. The largest absolute Gasteiger partial charge is 0.356 e. The lowest BCUT2D eigenvalue weighted by Gasteiger charge is -2.33. The highest BCUT2D eigenvalue weighted by atomic mass is 16.1. The lowest BCUT2D eigenvalue weighted by atomic mass is 9.97. The minimum Gasteiger partial charge on any atom is -0.356 e. The van der Waals surface area contributed by atoms with Gasteiger partial charge < -0.3 is 10.2 Å². The van der Waals surface area contributed by atoms with E-state index in [0.717, 1.165) is 42.2 Å². The molecule has 0 spiro atoms. The van der Waals surface area contributed by atoms with Gasteiger partial charge in [-0.3, -0.25) is 9.78 Å². The van der Waals surface area contributed by atoms with Crippen LogP contribution in [0.15, 0.2) is 67.1 Å². The molecular weight excluding hydrogens is 350 g/mol. The number of rotatable bonds is 5. The molecule has 1 saturated heterocycles. The van der Waals surface area contributed by atoms with Gasteiger partial charge in [-0.05, 0) is 25.0 Å². The Morgan fingerprint density at radius 1 is 1.07 bits per heavy atom. The third-order valence-electron chi connectivity index (χ3n) is 5.01. The molecule has 0 radical (unpaired) electrons. The molecule has 0 bridgehead atoms. The van der Waals surface area contributed by atoms with Crippen LogP contribution in [0.5, 0.6) is 0 Å².